The summed E-state index contributed by atoms with van der Waals surface area (Å²) in [7, 11) is 0. The van der Waals surface area contributed by atoms with E-state index in [0.29, 0.717) is 11.8 Å². The van der Waals surface area contributed by atoms with E-state index in [2.05, 4.69) is 36.4 Å². The van der Waals surface area contributed by atoms with E-state index in [1.807, 2.05) is 42.5 Å². The van der Waals surface area contributed by atoms with Crippen LogP contribution in [0.1, 0.15) is 30.9 Å². The lowest BCUT2D eigenvalue weighted by molar-refractivity contribution is 0.866. The van der Waals surface area contributed by atoms with E-state index >= 15 is 0 Å². The van der Waals surface area contributed by atoms with E-state index in [1.54, 1.807) is 0 Å². The fourth-order valence-electron chi connectivity index (χ4n) is 1.84. The molecule has 0 bridgehead atoms. The second-order valence-corrected chi connectivity index (χ2v) is 4.72. The summed E-state index contributed by atoms with van der Waals surface area (Å²) in [6, 6.07) is 18.1. The maximum Gasteiger partial charge on any atom is 0.147 e. The Morgan fingerprint density at radius 2 is 1.63 bits per heavy atom. The number of nitrogens with zero attached hydrogens (tertiary/aromatic N) is 1. The monoisotopic (exact) mass is 253 g/mol. The summed E-state index contributed by atoms with van der Waals surface area (Å²) in [5.74, 6) is 6.76. The molecule has 0 aromatic heterocycles. The van der Waals surface area contributed by atoms with Crippen LogP contribution in [0, 0.1) is 0 Å². The number of benzene rings is 2. The molecule has 0 amide bonds. The first-order valence-corrected chi connectivity index (χ1v) is 6.41. The van der Waals surface area contributed by atoms with Gasteiger partial charge in [0.25, 0.3) is 0 Å². The molecule has 2 aromatic carbocycles. The van der Waals surface area contributed by atoms with Gasteiger partial charge in [0.1, 0.15) is 5.84 Å². The van der Waals surface area contributed by atoms with Gasteiger partial charge in [-0.1, -0.05) is 56.3 Å². The molecule has 3 N–H and O–H groups in total. The van der Waals surface area contributed by atoms with Gasteiger partial charge in [0.2, 0.25) is 0 Å². The zero-order chi connectivity index (χ0) is 13.7. The Labute approximate surface area is 114 Å². The first kappa shape index (κ1) is 13.3. The summed E-state index contributed by atoms with van der Waals surface area (Å²) < 4.78 is 0. The predicted molar refractivity (Wildman–Crippen MR) is 80.5 cm³/mol. The molecule has 0 spiro atoms. The Morgan fingerprint density at radius 1 is 1.00 bits per heavy atom. The van der Waals surface area contributed by atoms with Gasteiger partial charge in [-0.3, -0.25) is 0 Å². The third-order valence-electron chi connectivity index (χ3n) is 2.98. The van der Waals surface area contributed by atoms with Gasteiger partial charge in [0.15, 0.2) is 0 Å². The predicted octanol–water partition coefficient (Wildman–Crippen LogP) is 3.35. The van der Waals surface area contributed by atoms with Crippen LogP contribution < -0.4 is 11.3 Å². The van der Waals surface area contributed by atoms with Crippen LogP contribution in [-0.4, -0.2) is 5.84 Å². The van der Waals surface area contributed by atoms with Gasteiger partial charge >= 0.3 is 0 Å². The van der Waals surface area contributed by atoms with E-state index in [0.717, 1.165) is 11.3 Å². The van der Waals surface area contributed by atoms with Crippen molar-refractivity contribution in [1.29, 1.82) is 0 Å². The van der Waals surface area contributed by atoms with E-state index < -0.39 is 0 Å². The number of amidine groups is 1. The number of aliphatic imine (C=N–C) groups is 1. The zero-order valence-electron chi connectivity index (χ0n) is 11.3. The summed E-state index contributed by atoms with van der Waals surface area (Å²) in [5, 5.41) is 0. The Kier molecular flexibility index (Phi) is 4.31. The third kappa shape index (κ3) is 3.42. The largest absolute Gasteiger partial charge is 0.308 e. The minimum atomic E-state index is 0.523. The summed E-state index contributed by atoms with van der Waals surface area (Å²) in [6.07, 6.45) is 0. The van der Waals surface area contributed by atoms with Gasteiger partial charge in [-0.05, 0) is 23.6 Å². The molecule has 2 aromatic rings. The Balaban J connectivity index is 2.29. The Bertz CT molecular complexity index is 542. The highest BCUT2D eigenvalue weighted by Gasteiger charge is 2.04. The van der Waals surface area contributed by atoms with Crippen LogP contribution in [0.2, 0.25) is 0 Å². The van der Waals surface area contributed by atoms with Crippen LogP contribution in [0.3, 0.4) is 0 Å². The topological polar surface area (TPSA) is 50.4 Å². The summed E-state index contributed by atoms with van der Waals surface area (Å²) in [5.41, 5.74) is 5.83. The molecule has 0 atom stereocenters. The highest BCUT2D eigenvalue weighted by Crippen LogP contribution is 2.16. The Morgan fingerprint density at radius 3 is 2.16 bits per heavy atom. The lowest BCUT2D eigenvalue weighted by Crippen LogP contribution is -2.30. The number of nitrogens with one attached hydrogen (secondary N) is 1. The van der Waals surface area contributed by atoms with Crippen LogP contribution in [0.25, 0.3) is 0 Å². The van der Waals surface area contributed by atoms with Crippen molar-refractivity contribution in [3.05, 3.63) is 65.7 Å². The van der Waals surface area contributed by atoms with Crippen LogP contribution in [0.5, 0.6) is 0 Å². The molecule has 98 valence electrons. The number of hydrazine groups is 1. The number of hydrogen-bond acceptors (Lipinski definition) is 2. The van der Waals surface area contributed by atoms with Crippen molar-refractivity contribution in [2.75, 3.05) is 0 Å². The summed E-state index contributed by atoms with van der Waals surface area (Å²) in [6.45, 7) is 4.35. The number of para-hydroxylation sites is 1. The summed E-state index contributed by atoms with van der Waals surface area (Å²) >= 11 is 0. The van der Waals surface area contributed by atoms with Crippen LogP contribution in [-0.2, 0) is 0 Å². The van der Waals surface area contributed by atoms with Gasteiger partial charge in [0, 0.05) is 5.56 Å². The second-order valence-electron chi connectivity index (χ2n) is 4.72. The molecule has 0 heterocycles. The first-order chi connectivity index (χ1) is 9.20. The molecule has 3 nitrogen and oxygen atoms in total. The number of hydrogen-bond donors (Lipinski definition) is 2. The molecule has 0 unspecified atom stereocenters. The average molecular weight is 253 g/mol. The highest BCUT2D eigenvalue weighted by molar-refractivity contribution is 5.99. The number of rotatable bonds is 3. The van der Waals surface area contributed by atoms with Crippen molar-refractivity contribution in [2.24, 2.45) is 10.8 Å². The van der Waals surface area contributed by atoms with E-state index in [-0.39, 0.29) is 0 Å². The van der Waals surface area contributed by atoms with Crippen LogP contribution in [0.15, 0.2) is 59.6 Å². The third-order valence-corrected chi connectivity index (χ3v) is 2.98. The van der Waals surface area contributed by atoms with Gasteiger partial charge in [-0.2, -0.15) is 0 Å². The normalized spacial score (nSPS) is 11.7. The van der Waals surface area contributed by atoms with Gasteiger partial charge in [0.05, 0.1) is 5.69 Å². The van der Waals surface area contributed by atoms with Crippen molar-refractivity contribution in [1.82, 2.24) is 5.43 Å². The molecular weight excluding hydrogens is 234 g/mol. The van der Waals surface area contributed by atoms with Crippen LogP contribution >= 0.6 is 0 Å². The van der Waals surface area contributed by atoms with Gasteiger partial charge in [-0.15, -0.1) is 0 Å². The average Bonchev–Trinajstić information content (AvgIpc) is 2.46. The minimum absolute atomic E-state index is 0.523. The lowest BCUT2D eigenvalue weighted by atomic mass is 10.0. The van der Waals surface area contributed by atoms with Crippen molar-refractivity contribution in [2.45, 2.75) is 19.8 Å². The lowest BCUT2D eigenvalue weighted by Gasteiger charge is -2.09. The maximum atomic E-state index is 5.57. The van der Waals surface area contributed by atoms with E-state index in [9.17, 15) is 0 Å². The minimum Gasteiger partial charge on any atom is -0.308 e. The molecule has 0 aliphatic rings. The maximum absolute atomic E-state index is 5.57. The smallest absolute Gasteiger partial charge is 0.147 e. The molecule has 0 fully saturated rings. The molecule has 2 rings (SSSR count). The van der Waals surface area contributed by atoms with Gasteiger partial charge in [-0.25, -0.2) is 10.8 Å². The van der Waals surface area contributed by atoms with Crippen molar-refractivity contribution in [3.63, 3.8) is 0 Å². The van der Waals surface area contributed by atoms with E-state index in [1.165, 1.54) is 5.56 Å². The number of nitrogens with two attached hydrogens (primary N) is 1. The SMILES string of the molecule is CC(C)c1ccc(C(=Nc2ccccc2)NN)cc1. The molecular formula is C16H19N3. The van der Waals surface area contributed by atoms with Crippen molar-refractivity contribution < 1.29 is 0 Å². The second kappa shape index (κ2) is 6.16. The standard InChI is InChI=1S/C16H19N3/c1-12(2)13-8-10-14(11-9-13)16(19-17)18-15-6-4-3-5-7-15/h3-12H,17H2,1-2H3,(H,18,19). The quantitative estimate of drug-likeness (QED) is 0.381. The fourth-order valence-corrected chi connectivity index (χ4v) is 1.84. The molecule has 0 saturated carbocycles. The molecule has 0 aliphatic heterocycles. The fraction of sp³-hybridized carbons (Fsp3) is 0.188. The van der Waals surface area contributed by atoms with Crippen LogP contribution in [0.4, 0.5) is 5.69 Å². The molecule has 0 aliphatic carbocycles. The first-order valence-electron chi connectivity index (χ1n) is 6.41. The van der Waals surface area contributed by atoms with Crippen molar-refractivity contribution >= 4 is 11.5 Å². The molecule has 0 radical (unpaired) electrons. The Hall–Kier alpha value is -2.13. The molecule has 19 heavy (non-hydrogen) atoms. The molecule has 3 heteroatoms. The van der Waals surface area contributed by atoms with Gasteiger partial charge < -0.3 is 5.43 Å². The van der Waals surface area contributed by atoms with Crippen molar-refractivity contribution in [3.8, 4) is 0 Å². The highest BCUT2D eigenvalue weighted by atomic mass is 15.2. The summed E-state index contributed by atoms with van der Waals surface area (Å²) in [4.78, 5) is 4.50. The van der Waals surface area contributed by atoms with E-state index in [4.69, 9.17) is 5.84 Å². The molecule has 0 saturated heterocycles. The zero-order valence-corrected chi connectivity index (χ0v) is 11.3.